The van der Waals surface area contributed by atoms with Crippen molar-refractivity contribution < 1.29 is 22.9 Å². The van der Waals surface area contributed by atoms with Gasteiger partial charge in [-0.3, -0.25) is 10.1 Å². The molecule has 1 rings (SSSR count). The summed E-state index contributed by atoms with van der Waals surface area (Å²) in [6.45, 7) is 7.01. The van der Waals surface area contributed by atoms with Crippen LogP contribution in [0.15, 0.2) is 17.0 Å². The van der Waals surface area contributed by atoms with Crippen molar-refractivity contribution in [1.29, 1.82) is 0 Å². The number of nitrogens with zero attached hydrogens (tertiary/aromatic N) is 2. The molecule has 0 aromatic heterocycles. The van der Waals surface area contributed by atoms with Gasteiger partial charge in [-0.25, -0.2) is 17.5 Å². The molecular weight excluding hydrogens is 362 g/mol. The molecule has 146 valence electrons. The molecule has 1 aromatic rings. The summed E-state index contributed by atoms with van der Waals surface area (Å²) in [6.07, 6.45) is 0. The molecule has 10 heteroatoms. The number of hydrogen-bond donors (Lipinski definition) is 1. The standard InChI is InChI=1S/C16H25N3O6S/c1-6-25-15(20)13-7-12(8-14(11(13)2)19(21)22)26(23,24)18(5)10-16(3,4)9-17/h7-8H,6,9-10,17H2,1-5H3. The fourth-order valence-corrected chi connectivity index (χ4v) is 3.77. The van der Waals surface area contributed by atoms with Crippen LogP contribution < -0.4 is 5.73 Å². The second-order valence-corrected chi connectivity index (χ2v) is 8.77. The summed E-state index contributed by atoms with van der Waals surface area (Å²) in [5.41, 5.74) is 4.61. The van der Waals surface area contributed by atoms with E-state index < -0.39 is 32.0 Å². The first-order valence-electron chi connectivity index (χ1n) is 8.00. The number of sulfonamides is 1. The minimum atomic E-state index is -4.06. The molecule has 0 unspecified atom stereocenters. The zero-order valence-corrected chi connectivity index (χ0v) is 16.4. The molecule has 0 fully saturated rings. The van der Waals surface area contributed by atoms with Crippen LogP contribution in [0.3, 0.4) is 0 Å². The zero-order chi connectivity index (χ0) is 20.3. The van der Waals surface area contributed by atoms with E-state index in [0.29, 0.717) is 0 Å². The Morgan fingerprint density at radius 3 is 2.42 bits per heavy atom. The highest BCUT2D eigenvalue weighted by molar-refractivity contribution is 7.89. The number of nitro groups is 1. The largest absolute Gasteiger partial charge is 0.462 e. The summed E-state index contributed by atoms with van der Waals surface area (Å²) in [7, 11) is -2.70. The third-order valence-corrected chi connectivity index (χ3v) is 5.74. The average molecular weight is 387 g/mol. The highest BCUT2D eigenvalue weighted by Crippen LogP contribution is 2.29. The number of ether oxygens (including phenoxy) is 1. The Balaban J connectivity index is 3.51. The first kappa shape index (κ1) is 22.0. The van der Waals surface area contributed by atoms with E-state index in [1.54, 1.807) is 20.8 Å². The van der Waals surface area contributed by atoms with Crippen molar-refractivity contribution in [3.63, 3.8) is 0 Å². The molecule has 0 saturated carbocycles. The van der Waals surface area contributed by atoms with E-state index >= 15 is 0 Å². The van der Waals surface area contributed by atoms with E-state index in [1.165, 1.54) is 14.0 Å². The predicted octanol–water partition coefficient (Wildman–Crippen LogP) is 1.69. The Labute approximate surface area is 153 Å². The van der Waals surface area contributed by atoms with Crippen molar-refractivity contribution in [3.05, 3.63) is 33.4 Å². The number of hydrogen-bond acceptors (Lipinski definition) is 7. The lowest BCUT2D eigenvalue weighted by atomic mass is 9.94. The van der Waals surface area contributed by atoms with Gasteiger partial charge in [0, 0.05) is 25.2 Å². The topological polar surface area (TPSA) is 133 Å². The molecule has 0 aliphatic heterocycles. The average Bonchev–Trinajstić information content (AvgIpc) is 2.54. The molecule has 1 aromatic carbocycles. The van der Waals surface area contributed by atoms with Gasteiger partial charge < -0.3 is 10.5 Å². The number of carbonyl (C=O) groups is 1. The van der Waals surface area contributed by atoms with Crippen LogP contribution in [0.5, 0.6) is 0 Å². The van der Waals surface area contributed by atoms with Crippen LogP contribution in [0.25, 0.3) is 0 Å². The Bertz CT molecular complexity index is 804. The van der Waals surface area contributed by atoms with Gasteiger partial charge in [-0.15, -0.1) is 0 Å². The summed E-state index contributed by atoms with van der Waals surface area (Å²) >= 11 is 0. The lowest BCUT2D eigenvalue weighted by Crippen LogP contribution is -2.39. The monoisotopic (exact) mass is 387 g/mol. The van der Waals surface area contributed by atoms with Crippen molar-refractivity contribution in [2.75, 3.05) is 26.7 Å². The van der Waals surface area contributed by atoms with Gasteiger partial charge in [0.15, 0.2) is 0 Å². The molecule has 26 heavy (non-hydrogen) atoms. The smallest absolute Gasteiger partial charge is 0.338 e. The molecule has 0 atom stereocenters. The summed E-state index contributed by atoms with van der Waals surface area (Å²) < 4.78 is 31.7. The molecule has 0 heterocycles. The van der Waals surface area contributed by atoms with E-state index in [9.17, 15) is 23.3 Å². The van der Waals surface area contributed by atoms with Crippen LogP contribution in [0.1, 0.15) is 36.7 Å². The normalized spacial score (nSPS) is 12.3. The number of esters is 1. The number of carbonyl (C=O) groups excluding carboxylic acids is 1. The van der Waals surface area contributed by atoms with E-state index in [4.69, 9.17) is 10.5 Å². The van der Waals surface area contributed by atoms with Crippen molar-refractivity contribution in [3.8, 4) is 0 Å². The maximum absolute atomic E-state index is 12.9. The van der Waals surface area contributed by atoms with Crippen molar-refractivity contribution >= 4 is 21.7 Å². The highest BCUT2D eigenvalue weighted by Gasteiger charge is 2.31. The Hall–Kier alpha value is -2.04. The molecule has 0 aliphatic carbocycles. The fraction of sp³-hybridized carbons (Fsp3) is 0.562. The van der Waals surface area contributed by atoms with Crippen LogP contribution in [-0.4, -0.2) is 50.4 Å². The summed E-state index contributed by atoms with van der Waals surface area (Å²) in [4.78, 5) is 22.3. The second-order valence-electron chi connectivity index (χ2n) is 6.72. The van der Waals surface area contributed by atoms with Gasteiger partial charge in [0.25, 0.3) is 5.69 Å². The fourth-order valence-electron chi connectivity index (χ4n) is 2.36. The zero-order valence-electron chi connectivity index (χ0n) is 15.6. The molecule has 0 bridgehead atoms. The first-order chi connectivity index (χ1) is 11.9. The third kappa shape index (κ3) is 4.77. The third-order valence-electron chi connectivity index (χ3n) is 3.96. The quantitative estimate of drug-likeness (QED) is 0.407. The van der Waals surface area contributed by atoms with Gasteiger partial charge in [-0.2, -0.15) is 0 Å². The molecule has 0 aliphatic rings. The molecule has 0 saturated heterocycles. The van der Waals surface area contributed by atoms with Crippen LogP contribution in [-0.2, 0) is 14.8 Å². The van der Waals surface area contributed by atoms with Crippen molar-refractivity contribution in [2.45, 2.75) is 32.6 Å². The van der Waals surface area contributed by atoms with Gasteiger partial charge in [0.05, 0.1) is 22.0 Å². The number of nitro benzene ring substituents is 1. The minimum Gasteiger partial charge on any atom is -0.462 e. The Kier molecular flexibility index (Phi) is 6.86. The maximum atomic E-state index is 12.9. The summed E-state index contributed by atoms with van der Waals surface area (Å²) in [5.74, 6) is -0.810. The highest BCUT2D eigenvalue weighted by atomic mass is 32.2. The van der Waals surface area contributed by atoms with Gasteiger partial charge in [0.2, 0.25) is 10.0 Å². The Morgan fingerprint density at radius 2 is 1.96 bits per heavy atom. The lowest BCUT2D eigenvalue weighted by Gasteiger charge is -2.28. The summed E-state index contributed by atoms with van der Waals surface area (Å²) in [5, 5.41) is 11.3. The minimum absolute atomic E-state index is 0.0531. The molecule has 0 radical (unpaired) electrons. The number of nitrogens with two attached hydrogens (primary N) is 1. The second kappa shape index (κ2) is 8.11. The molecule has 0 spiro atoms. The molecule has 0 amide bonds. The van der Waals surface area contributed by atoms with E-state index in [-0.39, 0.29) is 35.7 Å². The Morgan fingerprint density at radius 1 is 1.38 bits per heavy atom. The van der Waals surface area contributed by atoms with Crippen LogP contribution in [0.4, 0.5) is 5.69 Å². The van der Waals surface area contributed by atoms with Crippen LogP contribution in [0, 0.1) is 22.5 Å². The van der Waals surface area contributed by atoms with Crippen LogP contribution >= 0.6 is 0 Å². The van der Waals surface area contributed by atoms with Gasteiger partial charge in [-0.1, -0.05) is 13.8 Å². The van der Waals surface area contributed by atoms with Crippen LogP contribution in [0.2, 0.25) is 0 Å². The van der Waals surface area contributed by atoms with E-state index in [2.05, 4.69) is 0 Å². The summed E-state index contributed by atoms with van der Waals surface area (Å²) in [6, 6.07) is 2.07. The van der Waals surface area contributed by atoms with E-state index in [1.807, 2.05) is 0 Å². The van der Waals surface area contributed by atoms with Gasteiger partial charge in [-0.05, 0) is 31.9 Å². The lowest BCUT2D eigenvalue weighted by molar-refractivity contribution is -0.385. The predicted molar refractivity (Wildman–Crippen MR) is 96.4 cm³/mol. The SMILES string of the molecule is CCOC(=O)c1cc(S(=O)(=O)N(C)CC(C)(C)CN)cc([N+](=O)[O-])c1C. The van der Waals surface area contributed by atoms with Gasteiger partial charge >= 0.3 is 5.97 Å². The molecule has 2 N–H and O–H groups in total. The molecule has 9 nitrogen and oxygen atoms in total. The maximum Gasteiger partial charge on any atom is 0.338 e. The van der Waals surface area contributed by atoms with Crippen molar-refractivity contribution in [2.24, 2.45) is 11.1 Å². The number of benzene rings is 1. The van der Waals surface area contributed by atoms with E-state index in [0.717, 1.165) is 16.4 Å². The van der Waals surface area contributed by atoms with Crippen molar-refractivity contribution in [1.82, 2.24) is 4.31 Å². The molecular formula is C16H25N3O6S. The number of rotatable bonds is 8. The van der Waals surface area contributed by atoms with Gasteiger partial charge in [0.1, 0.15) is 0 Å². The first-order valence-corrected chi connectivity index (χ1v) is 9.44.